The molecule has 0 bridgehead atoms. The molecule has 3 heterocycles. The quantitative estimate of drug-likeness (QED) is 0.377. The molecule has 1 N–H and O–H groups in total. The van der Waals surface area contributed by atoms with Crippen molar-refractivity contribution in [3.63, 3.8) is 0 Å². The molecule has 1 aliphatic rings. The minimum absolute atomic E-state index is 0.0947. The first-order valence-corrected chi connectivity index (χ1v) is 12.4. The number of benzene rings is 1. The first kappa shape index (κ1) is 23.9. The molecule has 5 rings (SSSR count). The van der Waals surface area contributed by atoms with E-state index in [1.165, 1.54) is 11.1 Å². The van der Waals surface area contributed by atoms with Gasteiger partial charge in [-0.3, -0.25) is 19.7 Å². The Labute approximate surface area is 211 Å². The Hall–Kier alpha value is -3.84. The number of hydrogen-bond acceptors (Lipinski definition) is 6. The third-order valence-electron chi connectivity index (χ3n) is 6.87. The van der Waals surface area contributed by atoms with Crippen molar-refractivity contribution in [3.8, 4) is 0 Å². The van der Waals surface area contributed by atoms with Gasteiger partial charge >= 0.3 is 0 Å². The summed E-state index contributed by atoms with van der Waals surface area (Å²) in [6, 6.07) is 14.7. The van der Waals surface area contributed by atoms with Crippen LogP contribution in [0.1, 0.15) is 68.8 Å². The van der Waals surface area contributed by atoms with Crippen LogP contribution >= 0.6 is 0 Å². The molecular formula is C29H31N5O2. The maximum atomic E-state index is 12.7. The largest absolute Gasteiger partial charge is 0.448 e. The third-order valence-corrected chi connectivity index (χ3v) is 6.87. The third kappa shape index (κ3) is 5.36. The average Bonchev–Trinajstić information content (AvgIpc) is 3.41. The first-order valence-electron chi connectivity index (χ1n) is 12.4. The van der Waals surface area contributed by atoms with Crippen molar-refractivity contribution in [3.05, 3.63) is 112 Å². The van der Waals surface area contributed by atoms with E-state index >= 15 is 0 Å². The number of aryl methyl sites for hydroxylation is 3. The molecule has 0 radical (unpaired) electrons. The lowest BCUT2D eigenvalue weighted by molar-refractivity contribution is 0.0949. The van der Waals surface area contributed by atoms with E-state index in [4.69, 9.17) is 9.40 Å². The van der Waals surface area contributed by atoms with Gasteiger partial charge in [0.2, 0.25) is 5.89 Å². The van der Waals surface area contributed by atoms with Gasteiger partial charge in [0.15, 0.2) is 0 Å². The fourth-order valence-electron chi connectivity index (χ4n) is 5.03. The zero-order valence-electron chi connectivity index (χ0n) is 20.8. The predicted octanol–water partition coefficient (Wildman–Crippen LogP) is 5.09. The van der Waals surface area contributed by atoms with Gasteiger partial charge in [0.25, 0.3) is 5.91 Å². The molecule has 1 unspecified atom stereocenters. The van der Waals surface area contributed by atoms with Crippen LogP contribution in [0.2, 0.25) is 0 Å². The molecule has 7 heteroatoms. The minimum atomic E-state index is -0.0947. The van der Waals surface area contributed by atoms with Gasteiger partial charge < -0.3 is 9.73 Å². The maximum absolute atomic E-state index is 12.7. The van der Waals surface area contributed by atoms with Crippen LogP contribution in [0.5, 0.6) is 0 Å². The topological polar surface area (TPSA) is 84.2 Å². The lowest BCUT2D eigenvalue weighted by Crippen LogP contribution is -2.31. The van der Waals surface area contributed by atoms with Crippen LogP contribution in [0.4, 0.5) is 0 Å². The maximum Gasteiger partial charge on any atom is 0.253 e. The molecule has 0 aliphatic heterocycles. The minimum Gasteiger partial charge on any atom is -0.448 e. The van der Waals surface area contributed by atoms with Crippen molar-refractivity contribution in [2.24, 2.45) is 0 Å². The highest BCUT2D eigenvalue weighted by Gasteiger charge is 2.28. The summed E-state index contributed by atoms with van der Waals surface area (Å²) in [5.74, 6) is 0.612. The van der Waals surface area contributed by atoms with Gasteiger partial charge in [0.1, 0.15) is 6.26 Å². The molecule has 3 aromatic heterocycles. The number of rotatable bonds is 8. The van der Waals surface area contributed by atoms with Crippen molar-refractivity contribution in [2.45, 2.75) is 58.8 Å². The van der Waals surface area contributed by atoms with Gasteiger partial charge in [-0.05, 0) is 67.5 Å². The molecule has 1 aliphatic carbocycles. The zero-order valence-corrected chi connectivity index (χ0v) is 20.8. The summed E-state index contributed by atoms with van der Waals surface area (Å²) in [5.41, 5.74) is 7.06. The van der Waals surface area contributed by atoms with Gasteiger partial charge in [-0.15, -0.1) is 0 Å². The second-order valence-corrected chi connectivity index (χ2v) is 9.37. The highest BCUT2D eigenvalue weighted by molar-refractivity contribution is 5.96. The molecule has 1 aromatic carbocycles. The molecule has 0 saturated carbocycles. The van der Waals surface area contributed by atoms with Crippen molar-refractivity contribution >= 4 is 5.91 Å². The standard InChI is InChI=1S/C29H31N5O2/c1-20-12-14-30-21(2)27(20)29(35)33-17-22-8-10-23(11-9-22)18-34(19-26-31-15-16-36-26)25-7-3-5-24-6-4-13-32-28(24)25/h4,6,8-16,25H,3,5,7,17-19H2,1-2H3,(H,33,35). The summed E-state index contributed by atoms with van der Waals surface area (Å²) >= 11 is 0. The van der Waals surface area contributed by atoms with Crippen LogP contribution in [0.3, 0.4) is 0 Å². The summed E-state index contributed by atoms with van der Waals surface area (Å²) in [6.45, 7) is 5.63. The lowest BCUT2D eigenvalue weighted by atomic mass is 9.90. The average molecular weight is 482 g/mol. The highest BCUT2D eigenvalue weighted by atomic mass is 16.3. The second-order valence-electron chi connectivity index (χ2n) is 9.37. The molecule has 0 saturated heterocycles. The van der Waals surface area contributed by atoms with E-state index in [0.717, 1.165) is 48.3 Å². The number of pyridine rings is 2. The molecule has 4 aromatic rings. The monoisotopic (exact) mass is 481 g/mol. The van der Waals surface area contributed by atoms with Gasteiger partial charge in [-0.2, -0.15) is 0 Å². The molecule has 184 valence electrons. The SMILES string of the molecule is Cc1ccnc(C)c1C(=O)NCc1ccc(CN(Cc2ncco2)C2CCCc3cccnc32)cc1. The number of carbonyl (C=O) groups is 1. The fraction of sp³-hybridized carbons (Fsp3) is 0.310. The second kappa shape index (κ2) is 10.8. The Balaban J connectivity index is 1.29. The van der Waals surface area contributed by atoms with Crippen molar-refractivity contribution in [1.82, 2.24) is 25.2 Å². The van der Waals surface area contributed by atoms with Crippen LogP contribution in [0, 0.1) is 13.8 Å². The number of nitrogens with zero attached hydrogens (tertiary/aromatic N) is 4. The summed E-state index contributed by atoms with van der Waals surface area (Å²) in [7, 11) is 0. The Bertz CT molecular complexity index is 1300. The fourth-order valence-corrected chi connectivity index (χ4v) is 5.03. The van der Waals surface area contributed by atoms with E-state index in [1.54, 1.807) is 18.7 Å². The molecule has 1 amide bonds. The van der Waals surface area contributed by atoms with Crippen molar-refractivity contribution < 1.29 is 9.21 Å². The lowest BCUT2D eigenvalue weighted by Gasteiger charge is -2.34. The number of oxazole rings is 1. The van der Waals surface area contributed by atoms with Crippen LogP contribution < -0.4 is 5.32 Å². The summed E-state index contributed by atoms with van der Waals surface area (Å²) in [4.78, 5) is 28.5. The number of fused-ring (bicyclic) bond motifs is 1. The van der Waals surface area contributed by atoms with Gasteiger partial charge in [-0.25, -0.2) is 4.98 Å². The summed E-state index contributed by atoms with van der Waals surface area (Å²) in [6.07, 6.45) is 10.2. The highest BCUT2D eigenvalue weighted by Crippen LogP contribution is 2.34. The van der Waals surface area contributed by atoms with Crippen LogP contribution in [0.15, 0.2) is 71.7 Å². The molecule has 7 nitrogen and oxygen atoms in total. The van der Waals surface area contributed by atoms with Gasteiger partial charge in [0, 0.05) is 25.5 Å². The molecule has 36 heavy (non-hydrogen) atoms. The Morgan fingerprint density at radius 2 is 1.83 bits per heavy atom. The molecule has 0 spiro atoms. The Kier molecular flexibility index (Phi) is 7.18. The molecule has 1 atom stereocenters. The number of amides is 1. The van der Waals surface area contributed by atoms with Crippen LogP contribution in [0.25, 0.3) is 0 Å². The van der Waals surface area contributed by atoms with Gasteiger partial charge in [-0.1, -0.05) is 30.3 Å². The van der Waals surface area contributed by atoms with E-state index < -0.39 is 0 Å². The van der Waals surface area contributed by atoms with Crippen molar-refractivity contribution in [2.75, 3.05) is 0 Å². The van der Waals surface area contributed by atoms with Crippen LogP contribution in [-0.4, -0.2) is 25.8 Å². The molecule has 0 fully saturated rings. The Morgan fingerprint density at radius 1 is 1.00 bits per heavy atom. The zero-order chi connectivity index (χ0) is 24.9. The predicted molar refractivity (Wildman–Crippen MR) is 137 cm³/mol. The van der Waals surface area contributed by atoms with E-state index in [2.05, 4.69) is 50.5 Å². The van der Waals surface area contributed by atoms with Crippen molar-refractivity contribution in [1.29, 1.82) is 0 Å². The van der Waals surface area contributed by atoms with E-state index in [0.29, 0.717) is 24.5 Å². The number of nitrogens with one attached hydrogen (secondary N) is 1. The van der Waals surface area contributed by atoms with Crippen LogP contribution in [-0.2, 0) is 26.1 Å². The summed E-state index contributed by atoms with van der Waals surface area (Å²) in [5, 5.41) is 3.03. The van der Waals surface area contributed by atoms with E-state index in [9.17, 15) is 4.79 Å². The summed E-state index contributed by atoms with van der Waals surface area (Å²) < 4.78 is 5.59. The number of carbonyl (C=O) groups excluding carboxylic acids is 1. The van der Waals surface area contributed by atoms with E-state index in [-0.39, 0.29) is 11.9 Å². The number of aromatic nitrogens is 3. The van der Waals surface area contributed by atoms with Gasteiger partial charge in [0.05, 0.1) is 35.7 Å². The number of hydrogen-bond donors (Lipinski definition) is 1. The smallest absolute Gasteiger partial charge is 0.253 e. The molecular weight excluding hydrogens is 450 g/mol. The first-order chi connectivity index (χ1) is 17.6. The normalized spacial score (nSPS) is 15.0. The Morgan fingerprint density at radius 3 is 2.61 bits per heavy atom. The van der Waals surface area contributed by atoms with E-state index in [1.807, 2.05) is 32.2 Å².